The number of nitrogens with one attached hydrogen (secondary N) is 1. The molecule has 1 aromatic carbocycles. The Bertz CT molecular complexity index is 740. The van der Waals surface area contributed by atoms with Crippen LogP contribution >= 0.6 is 0 Å². The van der Waals surface area contributed by atoms with Crippen molar-refractivity contribution < 1.29 is 18.0 Å². The molecule has 0 aliphatic carbocycles. The first-order chi connectivity index (χ1) is 12.3. The molecule has 0 spiro atoms. The minimum Gasteiger partial charge on any atom is -0.359 e. The lowest BCUT2D eigenvalue weighted by atomic mass is 10.1. The van der Waals surface area contributed by atoms with E-state index < -0.39 is 10.0 Å². The molecule has 0 unspecified atom stereocenters. The van der Waals surface area contributed by atoms with Gasteiger partial charge in [-0.1, -0.05) is 13.8 Å². The van der Waals surface area contributed by atoms with E-state index in [1.54, 1.807) is 19.2 Å². The van der Waals surface area contributed by atoms with E-state index in [0.717, 1.165) is 12.8 Å². The van der Waals surface area contributed by atoms with E-state index in [9.17, 15) is 18.0 Å². The summed E-state index contributed by atoms with van der Waals surface area (Å²) in [5.74, 6) is -0.664. The van der Waals surface area contributed by atoms with E-state index in [-0.39, 0.29) is 29.0 Å². The summed E-state index contributed by atoms with van der Waals surface area (Å²) in [6.07, 6.45) is 1.67. The van der Waals surface area contributed by atoms with Crippen molar-refractivity contribution in [2.45, 2.75) is 38.0 Å². The Morgan fingerprint density at radius 2 is 1.77 bits per heavy atom. The third kappa shape index (κ3) is 4.24. The van der Waals surface area contributed by atoms with Gasteiger partial charge in [0.05, 0.1) is 10.8 Å². The molecule has 1 saturated heterocycles. The van der Waals surface area contributed by atoms with Crippen LogP contribution in [0.2, 0.25) is 0 Å². The van der Waals surface area contributed by atoms with Crippen LogP contribution in [0.15, 0.2) is 29.2 Å². The Hall–Kier alpha value is -1.93. The van der Waals surface area contributed by atoms with Crippen molar-refractivity contribution in [2.75, 3.05) is 31.6 Å². The molecule has 0 radical (unpaired) electrons. The Labute approximate surface area is 155 Å². The number of hydrogen-bond donors (Lipinski definition) is 1. The molecule has 1 aliphatic rings. The molecular formula is C18H27N3O4S. The summed E-state index contributed by atoms with van der Waals surface area (Å²) >= 11 is 0. The summed E-state index contributed by atoms with van der Waals surface area (Å²) in [7, 11) is -1.99. The van der Waals surface area contributed by atoms with Gasteiger partial charge in [0.2, 0.25) is 21.8 Å². The van der Waals surface area contributed by atoms with Gasteiger partial charge in [-0.15, -0.1) is 0 Å². The predicted octanol–water partition coefficient (Wildman–Crippen LogP) is 1.60. The molecule has 1 fully saturated rings. The summed E-state index contributed by atoms with van der Waals surface area (Å²) in [5, 5.41) is 2.56. The summed E-state index contributed by atoms with van der Waals surface area (Å²) in [6, 6.07) is 6.33. The first kappa shape index (κ1) is 20.4. The van der Waals surface area contributed by atoms with E-state index in [4.69, 9.17) is 0 Å². The van der Waals surface area contributed by atoms with Crippen LogP contribution in [0, 0.1) is 5.92 Å². The summed E-state index contributed by atoms with van der Waals surface area (Å²) in [5.41, 5.74) is 0.609. The third-order valence-corrected chi connectivity index (χ3v) is 6.39. The normalized spacial score (nSPS) is 17.8. The lowest BCUT2D eigenvalue weighted by Gasteiger charge is -2.22. The largest absolute Gasteiger partial charge is 0.359 e. The minimum absolute atomic E-state index is 0.132. The number of amides is 2. The van der Waals surface area contributed by atoms with Gasteiger partial charge in [-0.05, 0) is 37.1 Å². The molecule has 0 bridgehead atoms. The van der Waals surface area contributed by atoms with Crippen LogP contribution in [-0.2, 0) is 19.6 Å². The van der Waals surface area contributed by atoms with Gasteiger partial charge in [-0.25, -0.2) is 8.42 Å². The number of hydrogen-bond acceptors (Lipinski definition) is 4. The molecule has 1 heterocycles. The number of benzene rings is 1. The molecule has 0 aromatic heterocycles. The highest BCUT2D eigenvalue weighted by molar-refractivity contribution is 7.89. The lowest BCUT2D eigenvalue weighted by Crippen LogP contribution is -2.32. The Balaban J connectivity index is 2.20. The van der Waals surface area contributed by atoms with Crippen molar-refractivity contribution in [1.82, 2.24) is 9.62 Å². The van der Waals surface area contributed by atoms with Gasteiger partial charge in [0, 0.05) is 38.8 Å². The standard InChI is InChI=1S/C18H27N3O4S/c1-4-10-20(11-5-2)26(24,25)16-8-6-15(7-9-16)21-13-14(12-17(21)22)18(23)19-3/h6-9,14H,4-5,10-13H2,1-3H3,(H,19,23)/t14-/m1/s1. The molecule has 1 atom stereocenters. The lowest BCUT2D eigenvalue weighted by molar-refractivity contribution is -0.125. The first-order valence-electron chi connectivity index (χ1n) is 8.97. The predicted molar refractivity (Wildman–Crippen MR) is 100 cm³/mol. The molecule has 26 heavy (non-hydrogen) atoms. The summed E-state index contributed by atoms with van der Waals surface area (Å²) in [4.78, 5) is 25.7. The van der Waals surface area contributed by atoms with Gasteiger partial charge < -0.3 is 10.2 Å². The second-order valence-electron chi connectivity index (χ2n) is 6.42. The van der Waals surface area contributed by atoms with Crippen LogP contribution in [0.5, 0.6) is 0 Å². The van der Waals surface area contributed by atoms with Crippen LogP contribution in [0.4, 0.5) is 5.69 Å². The summed E-state index contributed by atoms with van der Waals surface area (Å²) in [6.45, 7) is 5.17. The molecule has 2 rings (SSSR count). The molecule has 1 aliphatic heterocycles. The number of rotatable bonds is 8. The van der Waals surface area contributed by atoms with Crippen molar-refractivity contribution in [3.63, 3.8) is 0 Å². The maximum absolute atomic E-state index is 12.8. The van der Waals surface area contributed by atoms with E-state index in [1.807, 2.05) is 13.8 Å². The van der Waals surface area contributed by atoms with Crippen LogP contribution in [0.25, 0.3) is 0 Å². The topological polar surface area (TPSA) is 86.8 Å². The van der Waals surface area contributed by atoms with Crippen LogP contribution < -0.4 is 10.2 Å². The van der Waals surface area contributed by atoms with E-state index >= 15 is 0 Å². The average Bonchev–Trinajstić information content (AvgIpc) is 3.02. The molecular weight excluding hydrogens is 354 g/mol. The van der Waals surface area contributed by atoms with Crippen molar-refractivity contribution in [1.29, 1.82) is 0 Å². The Kier molecular flexibility index (Phi) is 6.77. The number of nitrogens with zero attached hydrogens (tertiary/aromatic N) is 2. The van der Waals surface area contributed by atoms with Gasteiger partial charge in [0.1, 0.15) is 0 Å². The minimum atomic E-state index is -3.54. The molecule has 7 nitrogen and oxygen atoms in total. The van der Waals surface area contributed by atoms with Gasteiger partial charge in [-0.3, -0.25) is 9.59 Å². The van der Waals surface area contributed by atoms with Crippen LogP contribution in [0.3, 0.4) is 0 Å². The van der Waals surface area contributed by atoms with Gasteiger partial charge in [0.15, 0.2) is 0 Å². The monoisotopic (exact) mass is 381 g/mol. The third-order valence-electron chi connectivity index (χ3n) is 4.47. The van der Waals surface area contributed by atoms with Crippen LogP contribution in [0.1, 0.15) is 33.1 Å². The average molecular weight is 381 g/mol. The van der Waals surface area contributed by atoms with E-state index in [1.165, 1.54) is 21.3 Å². The highest BCUT2D eigenvalue weighted by Crippen LogP contribution is 2.27. The van der Waals surface area contributed by atoms with Crippen molar-refractivity contribution in [3.8, 4) is 0 Å². The summed E-state index contributed by atoms with van der Waals surface area (Å²) < 4.78 is 27.1. The van der Waals surface area contributed by atoms with Crippen molar-refractivity contribution >= 4 is 27.5 Å². The Morgan fingerprint density at radius 3 is 2.27 bits per heavy atom. The first-order valence-corrected chi connectivity index (χ1v) is 10.4. The fraction of sp³-hybridized carbons (Fsp3) is 0.556. The highest BCUT2D eigenvalue weighted by atomic mass is 32.2. The fourth-order valence-electron chi connectivity index (χ4n) is 3.13. The maximum Gasteiger partial charge on any atom is 0.243 e. The molecule has 144 valence electrons. The zero-order valence-corrected chi connectivity index (χ0v) is 16.4. The number of carbonyl (C=O) groups excluding carboxylic acids is 2. The zero-order valence-electron chi connectivity index (χ0n) is 15.6. The van der Waals surface area contributed by atoms with Gasteiger partial charge in [-0.2, -0.15) is 4.31 Å². The van der Waals surface area contributed by atoms with E-state index in [2.05, 4.69) is 5.32 Å². The van der Waals surface area contributed by atoms with Crippen LogP contribution in [-0.4, -0.2) is 51.2 Å². The quantitative estimate of drug-likeness (QED) is 0.741. The van der Waals surface area contributed by atoms with Gasteiger partial charge in [0.25, 0.3) is 0 Å². The van der Waals surface area contributed by atoms with E-state index in [0.29, 0.717) is 25.3 Å². The Morgan fingerprint density at radius 1 is 1.19 bits per heavy atom. The highest BCUT2D eigenvalue weighted by Gasteiger charge is 2.34. The zero-order chi connectivity index (χ0) is 19.3. The van der Waals surface area contributed by atoms with Gasteiger partial charge >= 0.3 is 0 Å². The molecule has 1 aromatic rings. The van der Waals surface area contributed by atoms with Crippen molar-refractivity contribution in [2.24, 2.45) is 5.92 Å². The maximum atomic E-state index is 12.8. The van der Waals surface area contributed by atoms with Crippen molar-refractivity contribution in [3.05, 3.63) is 24.3 Å². The number of anilines is 1. The number of carbonyl (C=O) groups is 2. The molecule has 2 amide bonds. The molecule has 8 heteroatoms. The molecule has 1 N–H and O–H groups in total. The second-order valence-corrected chi connectivity index (χ2v) is 8.36. The smallest absolute Gasteiger partial charge is 0.243 e. The number of sulfonamides is 1. The SMILES string of the molecule is CCCN(CCC)S(=O)(=O)c1ccc(N2C[C@H](C(=O)NC)CC2=O)cc1. The second kappa shape index (κ2) is 8.64. The fourth-order valence-corrected chi connectivity index (χ4v) is 4.76. The molecule has 0 saturated carbocycles.